The van der Waals surface area contributed by atoms with E-state index in [9.17, 15) is 0 Å². The zero-order valence-corrected chi connectivity index (χ0v) is 11.7. The molecule has 0 saturated heterocycles. The van der Waals surface area contributed by atoms with E-state index in [1.807, 2.05) is 18.2 Å². The molecule has 0 aromatic heterocycles. The number of hydrogen-bond donors (Lipinski definition) is 2. The maximum Gasteiger partial charge on any atom is 0.122 e. The van der Waals surface area contributed by atoms with Crippen LogP contribution in [0.4, 0.5) is 0 Å². The molecule has 4 heteroatoms. The Morgan fingerprint density at radius 3 is 2.11 bits per heavy atom. The summed E-state index contributed by atoms with van der Waals surface area (Å²) < 4.78 is 10.5. The van der Waals surface area contributed by atoms with Gasteiger partial charge in [-0.2, -0.15) is 0 Å². The first-order chi connectivity index (χ1) is 8.64. The van der Waals surface area contributed by atoms with Crippen LogP contribution in [-0.4, -0.2) is 14.2 Å². The van der Waals surface area contributed by atoms with E-state index in [0.29, 0.717) is 5.92 Å². The lowest BCUT2D eigenvalue weighted by atomic mass is 9.94. The summed E-state index contributed by atoms with van der Waals surface area (Å²) >= 11 is 0. The van der Waals surface area contributed by atoms with Crippen molar-refractivity contribution in [2.45, 2.75) is 32.7 Å². The Morgan fingerprint density at radius 2 is 1.72 bits per heavy atom. The fourth-order valence-corrected chi connectivity index (χ4v) is 1.90. The number of hydrogen-bond acceptors (Lipinski definition) is 4. The van der Waals surface area contributed by atoms with Crippen LogP contribution < -0.4 is 20.7 Å². The highest BCUT2D eigenvalue weighted by molar-refractivity contribution is 5.39. The summed E-state index contributed by atoms with van der Waals surface area (Å²) in [6, 6.07) is 5.97. The Balaban J connectivity index is 2.96. The van der Waals surface area contributed by atoms with E-state index in [1.54, 1.807) is 14.2 Å². The molecule has 1 aromatic carbocycles. The molecule has 0 radical (unpaired) electrons. The first-order valence-corrected chi connectivity index (χ1v) is 6.33. The van der Waals surface area contributed by atoms with E-state index in [-0.39, 0.29) is 6.04 Å². The van der Waals surface area contributed by atoms with Crippen LogP contribution in [0.2, 0.25) is 0 Å². The highest BCUT2D eigenvalue weighted by atomic mass is 16.5. The number of rotatable bonds is 7. The second kappa shape index (κ2) is 7.24. The van der Waals surface area contributed by atoms with Crippen molar-refractivity contribution in [1.82, 2.24) is 5.43 Å². The summed E-state index contributed by atoms with van der Waals surface area (Å²) in [6.45, 7) is 4.41. The van der Waals surface area contributed by atoms with Gasteiger partial charge < -0.3 is 9.47 Å². The van der Waals surface area contributed by atoms with Crippen molar-refractivity contribution in [1.29, 1.82) is 0 Å². The molecule has 0 aliphatic rings. The Labute approximate surface area is 109 Å². The second-order valence-corrected chi connectivity index (χ2v) is 4.61. The van der Waals surface area contributed by atoms with Crippen LogP contribution in [-0.2, 0) is 0 Å². The molecule has 0 spiro atoms. The quantitative estimate of drug-likeness (QED) is 0.578. The van der Waals surface area contributed by atoms with Crippen molar-refractivity contribution in [3.63, 3.8) is 0 Å². The summed E-state index contributed by atoms with van der Waals surface area (Å²) in [7, 11) is 3.30. The molecule has 102 valence electrons. The largest absolute Gasteiger partial charge is 0.497 e. The van der Waals surface area contributed by atoms with Crippen LogP contribution in [0.1, 0.15) is 38.3 Å². The van der Waals surface area contributed by atoms with Crippen LogP contribution in [0.3, 0.4) is 0 Å². The van der Waals surface area contributed by atoms with E-state index < -0.39 is 0 Å². The van der Waals surface area contributed by atoms with Gasteiger partial charge in [-0.05, 0) is 30.0 Å². The van der Waals surface area contributed by atoms with Crippen LogP contribution >= 0.6 is 0 Å². The third kappa shape index (κ3) is 3.89. The van der Waals surface area contributed by atoms with Gasteiger partial charge in [-0.15, -0.1) is 0 Å². The number of nitrogens with one attached hydrogen (secondary N) is 1. The Morgan fingerprint density at radius 1 is 1.17 bits per heavy atom. The van der Waals surface area contributed by atoms with Crippen LogP contribution in [0.25, 0.3) is 0 Å². The van der Waals surface area contributed by atoms with Crippen molar-refractivity contribution in [2.75, 3.05) is 14.2 Å². The molecule has 4 nitrogen and oxygen atoms in total. The van der Waals surface area contributed by atoms with Gasteiger partial charge in [-0.25, -0.2) is 0 Å². The van der Waals surface area contributed by atoms with Gasteiger partial charge in [0.1, 0.15) is 11.5 Å². The molecule has 0 amide bonds. The zero-order valence-electron chi connectivity index (χ0n) is 11.7. The van der Waals surface area contributed by atoms with Gasteiger partial charge >= 0.3 is 0 Å². The number of hydrazine groups is 1. The van der Waals surface area contributed by atoms with Crippen LogP contribution in [0, 0.1) is 5.92 Å². The maximum atomic E-state index is 5.66. The molecule has 3 N–H and O–H groups in total. The molecule has 0 heterocycles. The van der Waals surface area contributed by atoms with Gasteiger partial charge in [0, 0.05) is 12.1 Å². The lowest BCUT2D eigenvalue weighted by Gasteiger charge is -2.21. The molecule has 0 saturated carbocycles. The van der Waals surface area contributed by atoms with Crippen molar-refractivity contribution in [3.05, 3.63) is 23.8 Å². The van der Waals surface area contributed by atoms with Crippen LogP contribution in [0.5, 0.6) is 11.5 Å². The molecule has 18 heavy (non-hydrogen) atoms. The van der Waals surface area contributed by atoms with Gasteiger partial charge in [-0.1, -0.05) is 20.3 Å². The predicted molar refractivity (Wildman–Crippen MR) is 73.7 cm³/mol. The van der Waals surface area contributed by atoms with Crippen molar-refractivity contribution in [3.8, 4) is 11.5 Å². The molecule has 1 rings (SSSR count). The first kappa shape index (κ1) is 14.8. The highest BCUT2D eigenvalue weighted by Crippen LogP contribution is 2.29. The van der Waals surface area contributed by atoms with Gasteiger partial charge in [0.15, 0.2) is 0 Å². The first-order valence-electron chi connectivity index (χ1n) is 6.33. The Kier molecular flexibility index (Phi) is 5.95. The van der Waals surface area contributed by atoms with Gasteiger partial charge in [0.25, 0.3) is 0 Å². The van der Waals surface area contributed by atoms with E-state index >= 15 is 0 Å². The molecule has 0 bridgehead atoms. The van der Waals surface area contributed by atoms with Crippen molar-refractivity contribution >= 4 is 0 Å². The molecule has 2 unspecified atom stereocenters. The van der Waals surface area contributed by atoms with Crippen molar-refractivity contribution in [2.24, 2.45) is 11.8 Å². The van der Waals surface area contributed by atoms with Gasteiger partial charge in [-0.3, -0.25) is 11.3 Å². The monoisotopic (exact) mass is 252 g/mol. The molecule has 2 atom stereocenters. The zero-order chi connectivity index (χ0) is 13.5. The number of nitrogens with two attached hydrogens (primary N) is 1. The summed E-state index contributed by atoms with van der Waals surface area (Å²) in [5.41, 5.74) is 3.97. The number of methoxy groups -OCH3 is 2. The van der Waals surface area contributed by atoms with E-state index in [0.717, 1.165) is 29.9 Å². The van der Waals surface area contributed by atoms with Gasteiger partial charge in [0.2, 0.25) is 0 Å². The fraction of sp³-hybridized carbons (Fsp3) is 0.571. The maximum absolute atomic E-state index is 5.66. The minimum absolute atomic E-state index is 0.115. The minimum Gasteiger partial charge on any atom is -0.497 e. The van der Waals surface area contributed by atoms with Crippen molar-refractivity contribution < 1.29 is 9.47 Å². The summed E-state index contributed by atoms with van der Waals surface area (Å²) in [5, 5.41) is 0. The SMILES string of the molecule is CCC(C)CC(NN)c1cc(OC)cc(OC)c1. The molecule has 0 fully saturated rings. The average Bonchev–Trinajstić information content (AvgIpc) is 2.43. The van der Waals surface area contributed by atoms with E-state index in [2.05, 4.69) is 19.3 Å². The normalized spacial score (nSPS) is 14.1. The summed E-state index contributed by atoms with van der Waals surface area (Å²) in [6.07, 6.45) is 2.13. The Hall–Kier alpha value is -1.26. The predicted octanol–water partition coefficient (Wildman–Crippen LogP) is 2.64. The molecular formula is C14H24N2O2. The molecule has 1 aromatic rings. The lowest BCUT2D eigenvalue weighted by molar-refractivity contribution is 0.382. The van der Waals surface area contributed by atoms with E-state index in [1.165, 1.54) is 0 Å². The van der Waals surface area contributed by atoms with E-state index in [4.69, 9.17) is 15.3 Å². The standard InChI is InChI=1S/C14H24N2O2/c1-5-10(2)6-14(16-15)11-7-12(17-3)9-13(8-11)18-4/h7-10,14,16H,5-6,15H2,1-4H3. The summed E-state index contributed by atoms with van der Waals surface area (Å²) in [5.74, 6) is 7.85. The minimum atomic E-state index is 0.115. The third-order valence-corrected chi connectivity index (χ3v) is 3.31. The number of ether oxygens (including phenoxy) is 2. The topological polar surface area (TPSA) is 56.5 Å². The molecular weight excluding hydrogens is 228 g/mol. The third-order valence-electron chi connectivity index (χ3n) is 3.31. The second-order valence-electron chi connectivity index (χ2n) is 4.61. The lowest BCUT2D eigenvalue weighted by Crippen LogP contribution is -2.29. The molecule has 0 aliphatic carbocycles. The summed E-state index contributed by atoms with van der Waals surface area (Å²) in [4.78, 5) is 0. The average molecular weight is 252 g/mol. The number of benzene rings is 1. The smallest absolute Gasteiger partial charge is 0.122 e. The Bertz CT molecular complexity index is 347. The van der Waals surface area contributed by atoms with Crippen LogP contribution in [0.15, 0.2) is 18.2 Å². The molecule has 0 aliphatic heterocycles. The fourth-order valence-electron chi connectivity index (χ4n) is 1.90. The highest BCUT2D eigenvalue weighted by Gasteiger charge is 2.15. The van der Waals surface area contributed by atoms with Gasteiger partial charge in [0.05, 0.1) is 14.2 Å².